The average Bonchev–Trinajstić information content (AvgIpc) is 3.32. The molecule has 0 spiro atoms. The molecule has 5 rings (SSSR count). The number of fused-ring (bicyclic) bond motifs is 3. The number of carbonyl (C=O) groups is 1. The predicted octanol–water partition coefficient (Wildman–Crippen LogP) is 4.20. The lowest BCUT2D eigenvalue weighted by molar-refractivity contribution is -0.113. The Bertz CT molecular complexity index is 1190. The Balaban J connectivity index is 1.95. The molecule has 4 nitrogen and oxygen atoms in total. The first-order chi connectivity index (χ1) is 12.2. The standard InChI is InChI=1S/C20H10N2O2S/c1-24-10-7-13-11(16-3-2-6-25-16)4-5-12-17(13)14(8-10)18-15(9-21)20(23)22-19(12)18/h2-8H,1H3. The van der Waals surface area contributed by atoms with Gasteiger partial charge in [0.2, 0.25) is 0 Å². The molecule has 1 aliphatic carbocycles. The molecule has 1 amide bonds. The maximum absolute atomic E-state index is 12.1. The number of aliphatic imine (C=N–C) groups is 1. The molecule has 2 aromatic carbocycles. The molecule has 0 atom stereocenters. The van der Waals surface area contributed by atoms with Crippen LogP contribution in [0.3, 0.4) is 0 Å². The number of allylic oxidation sites excluding steroid dienone is 1. The number of methoxy groups -OCH3 is 1. The number of thiophene rings is 1. The molecule has 0 fully saturated rings. The second-order valence-electron chi connectivity index (χ2n) is 5.86. The summed E-state index contributed by atoms with van der Waals surface area (Å²) in [5, 5.41) is 13.5. The van der Waals surface area contributed by atoms with Gasteiger partial charge in [0.05, 0.1) is 12.8 Å². The van der Waals surface area contributed by atoms with Gasteiger partial charge >= 0.3 is 0 Å². The van der Waals surface area contributed by atoms with Crippen LogP contribution in [0.25, 0.3) is 26.8 Å². The van der Waals surface area contributed by atoms with Crippen molar-refractivity contribution in [3.63, 3.8) is 0 Å². The van der Waals surface area contributed by atoms with Gasteiger partial charge in [0.25, 0.3) is 5.91 Å². The van der Waals surface area contributed by atoms with Crippen molar-refractivity contribution in [2.45, 2.75) is 0 Å². The number of carbonyl (C=O) groups excluding carboxylic acids is 1. The summed E-state index contributed by atoms with van der Waals surface area (Å²) in [4.78, 5) is 17.4. The van der Waals surface area contributed by atoms with Gasteiger partial charge < -0.3 is 4.74 Å². The summed E-state index contributed by atoms with van der Waals surface area (Å²) in [6.45, 7) is 0. The number of benzene rings is 2. The maximum Gasteiger partial charge on any atom is 0.288 e. The van der Waals surface area contributed by atoms with Gasteiger partial charge in [-0.15, -0.1) is 11.3 Å². The van der Waals surface area contributed by atoms with E-state index in [1.807, 2.05) is 41.8 Å². The van der Waals surface area contributed by atoms with Crippen molar-refractivity contribution in [2.24, 2.45) is 4.99 Å². The molecule has 3 aromatic rings. The lowest BCUT2D eigenvalue weighted by Crippen LogP contribution is -1.94. The number of nitriles is 1. The SMILES string of the molecule is COc1cc2c3c(ccc(-c4cccs4)c3c1)C1=NC(=O)C(C#N)=C12. The summed E-state index contributed by atoms with van der Waals surface area (Å²) in [6, 6.07) is 14.1. The fourth-order valence-electron chi connectivity index (χ4n) is 3.62. The molecule has 0 bridgehead atoms. The quantitative estimate of drug-likeness (QED) is 0.701. The van der Waals surface area contributed by atoms with E-state index in [2.05, 4.69) is 11.1 Å². The molecule has 25 heavy (non-hydrogen) atoms. The maximum atomic E-state index is 12.1. The first kappa shape index (κ1) is 14.1. The van der Waals surface area contributed by atoms with Crippen LogP contribution in [0.5, 0.6) is 5.75 Å². The van der Waals surface area contributed by atoms with Gasteiger partial charge in [-0.1, -0.05) is 18.2 Å². The summed E-state index contributed by atoms with van der Waals surface area (Å²) in [6.07, 6.45) is 0. The third kappa shape index (κ3) is 1.74. The average molecular weight is 342 g/mol. The highest BCUT2D eigenvalue weighted by Gasteiger charge is 2.36. The first-order valence-electron chi connectivity index (χ1n) is 7.70. The fraction of sp³-hybridized carbons (Fsp3) is 0.0500. The highest BCUT2D eigenvalue weighted by atomic mass is 32.1. The van der Waals surface area contributed by atoms with Crippen LogP contribution in [-0.2, 0) is 4.79 Å². The number of hydrogen-bond acceptors (Lipinski definition) is 4. The molecule has 118 valence electrons. The summed E-state index contributed by atoms with van der Waals surface area (Å²) in [7, 11) is 1.62. The highest BCUT2D eigenvalue weighted by molar-refractivity contribution is 7.13. The molecule has 5 heteroatoms. The van der Waals surface area contributed by atoms with Gasteiger partial charge in [-0.2, -0.15) is 5.26 Å². The van der Waals surface area contributed by atoms with Crippen LogP contribution in [0.1, 0.15) is 11.1 Å². The van der Waals surface area contributed by atoms with E-state index >= 15 is 0 Å². The molecule has 0 radical (unpaired) electrons. The van der Waals surface area contributed by atoms with E-state index < -0.39 is 5.91 Å². The zero-order chi connectivity index (χ0) is 17.1. The van der Waals surface area contributed by atoms with Crippen molar-refractivity contribution in [2.75, 3.05) is 7.11 Å². The molecule has 2 heterocycles. The van der Waals surface area contributed by atoms with Crippen LogP contribution in [-0.4, -0.2) is 18.7 Å². The minimum atomic E-state index is -0.462. The van der Waals surface area contributed by atoms with E-state index in [1.54, 1.807) is 18.4 Å². The predicted molar refractivity (Wildman–Crippen MR) is 97.9 cm³/mol. The third-order valence-electron chi connectivity index (χ3n) is 4.66. The number of amides is 1. The van der Waals surface area contributed by atoms with Crippen LogP contribution in [0.15, 0.2) is 52.3 Å². The zero-order valence-corrected chi connectivity index (χ0v) is 14.0. The molecular weight excluding hydrogens is 332 g/mol. The normalized spacial score (nSPS) is 14.7. The summed E-state index contributed by atoms with van der Waals surface area (Å²) < 4.78 is 5.48. The Morgan fingerprint density at radius 3 is 2.72 bits per heavy atom. The van der Waals surface area contributed by atoms with Crippen LogP contribution in [0, 0.1) is 11.3 Å². The van der Waals surface area contributed by atoms with Crippen molar-refractivity contribution in [3.05, 3.63) is 58.5 Å². The number of ether oxygens (including phenoxy) is 1. The topological polar surface area (TPSA) is 62.4 Å². The number of rotatable bonds is 2. The van der Waals surface area contributed by atoms with Crippen molar-refractivity contribution < 1.29 is 9.53 Å². The molecule has 1 aromatic heterocycles. The second kappa shape index (κ2) is 4.88. The van der Waals surface area contributed by atoms with Crippen LogP contribution in [0.2, 0.25) is 0 Å². The lowest BCUT2D eigenvalue weighted by atomic mass is 9.97. The van der Waals surface area contributed by atoms with Crippen molar-refractivity contribution >= 4 is 39.3 Å². The van der Waals surface area contributed by atoms with Crippen molar-refractivity contribution in [1.82, 2.24) is 0 Å². The third-order valence-corrected chi connectivity index (χ3v) is 5.56. The molecule has 0 saturated heterocycles. The van der Waals surface area contributed by atoms with Gasteiger partial charge in [0.15, 0.2) is 0 Å². The Hall–Kier alpha value is -3.23. The summed E-state index contributed by atoms with van der Waals surface area (Å²) >= 11 is 1.67. The van der Waals surface area contributed by atoms with E-state index in [-0.39, 0.29) is 5.57 Å². The Morgan fingerprint density at radius 2 is 2.00 bits per heavy atom. The molecule has 2 aliphatic rings. The molecule has 0 N–H and O–H groups in total. The number of hydrogen-bond donors (Lipinski definition) is 0. The fourth-order valence-corrected chi connectivity index (χ4v) is 4.38. The number of nitrogens with zero attached hydrogens (tertiary/aromatic N) is 2. The van der Waals surface area contributed by atoms with Gasteiger partial charge in [-0.05, 0) is 45.5 Å². The molecule has 1 aliphatic heterocycles. The van der Waals surface area contributed by atoms with Crippen LogP contribution in [0.4, 0.5) is 0 Å². The minimum absolute atomic E-state index is 0.110. The van der Waals surface area contributed by atoms with Gasteiger partial charge in [0.1, 0.15) is 17.4 Å². The lowest BCUT2D eigenvalue weighted by Gasteiger charge is -2.10. The van der Waals surface area contributed by atoms with Crippen LogP contribution >= 0.6 is 11.3 Å². The van der Waals surface area contributed by atoms with E-state index in [1.165, 1.54) is 0 Å². The van der Waals surface area contributed by atoms with Crippen molar-refractivity contribution in [1.29, 1.82) is 5.26 Å². The van der Waals surface area contributed by atoms with Crippen LogP contribution < -0.4 is 4.74 Å². The summed E-state index contributed by atoms with van der Waals surface area (Å²) in [5.74, 6) is 0.235. The van der Waals surface area contributed by atoms with Gasteiger partial charge in [-0.25, -0.2) is 4.99 Å². The van der Waals surface area contributed by atoms with Crippen molar-refractivity contribution in [3.8, 4) is 22.3 Å². The molecule has 0 unspecified atom stereocenters. The smallest absolute Gasteiger partial charge is 0.288 e. The highest BCUT2D eigenvalue weighted by Crippen LogP contribution is 2.47. The Kier molecular flexibility index (Phi) is 2.76. The first-order valence-corrected chi connectivity index (χ1v) is 8.58. The van der Waals surface area contributed by atoms with E-state index in [0.29, 0.717) is 17.0 Å². The van der Waals surface area contributed by atoms with E-state index in [0.717, 1.165) is 32.3 Å². The van der Waals surface area contributed by atoms with E-state index in [9.17, 15) is 10.1 Å². The Labute approximate surface area is 147 Å². The molecular formula is C20H10N2O2S. The van der Waals surface area contributed by atoms with E-state index in [4.69, 9.17) is 4.74 Å². The Morgan fingerprint density at radius 1 is 1.16 bits per heavy atom. The zero-order valence-electron chi connectivity index (χ0n) is 13.2. The monoisotopic (exact) mass is 342 g/mol. The van der Waals surface area contributed by atoms with Gasteiger partial charge in [-0.3, -0.25) is 4.79 Å². The molecule has 0 saturated carbocycles. The largest absolute Gasteiger partial charge is 0.497 e. The minimum Gasteiger partial charge on any atom is -0.497 e. The second-order valence-corrected chi connectivity index (χ2v) is 6.81. The summed E-state index contributed by atoms with van der Waals surface area (Å²) in [5.41, 5.74) is 4.21. The van der Waals surface area contributed by atoms with Gasteiger partial charge in [0, 0.05) is 16.0 Å².